The Morgan fingerprint density at radius 1 is 1.23 bits per heavy atom. The molecule has 0 radical (unpaired) electrons. The number of ether oxygens (including phenoxy) is 1. The van der Waals surface area contributed by atoms with Gasteiger partial charge in [-0.2, -0.15) is 0 Å². The van der Waals surface area contributed by atoms with Crippen molar-refractivity contribution in [1.29, 1.82) is 0 Å². The molecule has 1 fully saturated rings. The summed E-state index contributed by atoms with van der Waals surface area (Å²) in [5, 5.41) is 3.13. The van der Waals surface area contributed by atoms with Gasteiger partial charge < -0.3 is 15.0 Å². The van der Waals surface area contributed by atoms with Crippen LogP contribution in [0, 0.1) is 0 Å². The van der Waals surface area contributed by atoms with Crippen LogP contribution in [-0.4, -0.2) is 44.1 Å². The summed E-state index contributed by atoms with van der Waals surface area (Å²) in [6, 6.07) is 7.31. The van der Waals surface area contributed by atoms with E-state index in [4.69, 9.17) is 4.74 Å². The summed E-state index contributed by atoms with van der Waals surface area (Å²) in [6.45, 7) is 0.704. The van der Waals surface area contributed by atoms with Crippen LogP contribution < -0.4 is 10.1 Å². The summed E-state index contributed by atoms with van der Waals surface area (Å²) in [4.78, 5) is 14.7. The molecule has 0 spiro atoms. The second-order valence-corrected chi connectivity index (χ2v) is 6.45. The molecular weight excluding hydrogens is 276 g/mol. The van der Waals surface area contributed by atoms with Crippen molar-refractivity contribution in [3.63, 3.8) is 0 Å². The first-order chi connectivity index (χ1) is 10.6. The molecule has 1 amide bonds. The zero-order valence-corrected chi connectivity index (χ0v) is 14.0. The van der Waals surface area contributed by atoms with Gasteiger partial charge in [-0.15, -0.1) is 0 Å². The average molecular weight is 304 g/mol. The maximum atomic E-state index is 12.4. The number of benzene rings is 1. The van der Waals surface area contributed by atoms with Gasteiger partial charge in [-0.25, -0.2) is 0 Å². The molecule has 0 saturated heterocycles. The van der Waals surface area contributed by atoms with Crippen LogP contribution in [0.1, 0.15) is 48.9 Å². The molecule has 22 heavy (non-hydrogen) atoms. The first-order valence-electron chi connectivity index (χ1n) is 8.17. The van der Waals surface area contributed by atoms with E-state index in [1.165, 1.54) is 25.7 Å². The normalized spacial score (nSPS) is 17.8. The fourth-order valence-corrected chi connectivity index (χ4v) is 3.28. The van der Waals surface area contributed by atoms with Crippen LogP contribution in [0.15, 0.2) is 24.3 Å². The van der Waals surface area contributed by atoms with Crippen LogP contribution in [-0.2, 0) is 0 Å². The fourth-order valence-electron chi connectivity index (χ4n) is 3.28. The summed E-state index contributed by atoms with van der Waals surface area (Å²) in [6.07, 6.45) is 7.40. The molecule has 0 unspecified atom stereocenters. The van der Waals surface area contributed by atoms with Gasteiger partial charge in [-0.05, 0) is 45.1 Å². The fraction of sp³-hybridized carbons (Fsp3) is 0.611. The molecule has 1 saturated carbocycles. The topological polar surface area (TPSA) is 41.6 Å². The van der Waals surface area contributed by atoms with Crippen molar-refractivity contribution < 1.29 is 9.53 Å². The predicted molar refractivity (Wildman–Crippen MR) is 89.4 cm³/mol. The first kappa shape index (κ1) is 16.8. The van der Waals surface area contributed by atoms with Crippen molar-refractivity contribution in [2.75, 3.05) is 27.7 Å². The van der Waals surface area contributed by atoms with Crippen molar-refractivity contribution in [2.45, 2.75) is 44.1 Å². The minimum Gasteiger partial charge on any atom is -0.497 e. The van der Waals surface area contributed by atoms with Crippen LogP contribution in [0.2, 0.25) is 0 Å². The van der Waals surface area contributed by atoms with Gasteiger partial charge in [0.2, 0.25) is 0 Å². The Morgan fingerprint density at radius 3 is 2.50 bits per heavy atom. The minimum atomic E-state index is -0.0237. The van der Waals surface area contributed by atoms with Gasteiger partial charge in [0.1, 0.15) is 5.75 Å². The van der Waals surface area contributed by atoms with Crippen molar-refractivity contribution in [1.82, 2.24) is 10.2 Å². The van der Waals surface area contributed by atoms with Crippen LogP contribution in [0.25, 0.3) is 0 Å². The second-order valence-electron chi connectivity index (χ2n) is 6.45. The Bertz CT molecular complexity index is 492. The van der Waals surface area contributed by atoms with Crippen LogP contribution in [0.4, 0.5) is 0 Å². The highest BCUT2D eigenvalue weighted by molar-refractivity contribution is 5.94. The molecule has 0 aromatic heterocycles. The lowest BCUT2D eigenvalue weighted by Crippen LogP contribution is -2.52. The number of hydrogen-bond acceptors (Lipinski definition) is 3. The maximum absolute atomic E-state index is 12.4. The van der Waals surface area contributed by atoms with Gasteiger partial charge in [-0.3, -0.25) is 4.79 Å². The molecular formula is C18H28N2O2. The zero-order chi connectivity index (χ0) is 16.0. The third-order valence-electron chi connectivity index (χ3n) is 4.89. The van der Waals surface area contributed by atoms with E-state index in [1.54, 1.807) is 13.2 Å². The largest absolute Gasteiger partial charge is 0.497 e. The van der Waals surface area contributed by atoms with Gasteiger partial charge in [0.05, 0.1) is 7.11 Å². The minimum absolute atomic E-state index is 0.0237. The summed E-state index contributed by atoms with van der Waals surface area (Å²) in [5.74, 6) is 0.689. The van der Waals surface area contributed by atoms with Crippen LogP contribution >= 0.6 is 0 Å². The third-order valence-corrected chi connectivity index (χ3v) is 4.89. The van der Waals surface area contributed by atoms with Gasteiger partial charge in [0.15, 0.2) is 0 Å². The highest BCUT2D eigenvalue weighted by Gasteiger charge is 2.33. The molecule has 1 aromatic carbocycles. The smallest absolute Gasteiger partial charge is 0.251 e. The molecule has 4 nitrogen and oxygen atoms in total. The second kappa shape index (κ2) is 7.63. The van der Waals surface area contributed by atoms with E-state index in [2.05, 4.69) is 24.3 Å². The number of carbonyl (C=O) groups is 1. The molecule has 2 rings (SSSR count). The number of amides is 1. The molecule has 0 heterocycles. The van der Waals surface area contributed by atoms with Gasteiger partial charge in [0, 0.05) is 17.6 Å². The van der Waals surface area contributed by atoms with Crippen LogP contribution in [0.3, 0.4) is 0 Å². The molecule has 0 atom stereocenters. The molecule has 122 valence electrons. The van der Waals surface area contributed by atoms with E-state index in [0.29, 0.717) is 17.9 Å². The molecule has 4 heteroatoms. The zero-order valence-electron chi connectivity index (χ0n) is 14.0. The number of hydrogen-bond donors (Lipinski definition) is 1. The monoisotopic (exact) mass is 304 g/mol. The molecule has 1 aliphatic rings. The Labute approximate surface area is 133 Å². The lowest BCUT2D eigenvalue weighted by atomic mass is 9.88. The summed E-state index contributed by atoms with van der Waals surface area (Å²) in [7, 11) is 5.87. The van der Waals surface area contributed by atoms with Crippen molar-refractivity contribution in [2.24, 2.45) is 0 Å². The van der Waals surface area contributed by atoms with Crippen LogP contribution in [0.5, 0.6) is 5.75 Å². The number of nitrogens with zero attached hydrogens (tertiary/aromatic N) is 1. The Kier molecular flexibility index (Phi) is 5.83. The van der Waals surface area contributed by atoms with E-state index in [-0.39, 0.29) is 11.4 Å². The average Bonchev–Trinajstić information content (AvgIpc) is 2.79. The first-order valence-corrected chi connectivity index (χ1v) is 8.17. The summed E-state index contributed by atoms with van der Waals surface area (Å²) < 4.78 is 5.19. The number of rotatable bonds is 5. The number of nitrogens with one attached hydrogen (secondary N) is 1. The molecule has 0 aliphatic heterocycles. The quantitative estimate of drug-likeness (QED) is 0.850. The highest BCUT2D eigenvalue weighted by atomic mass is 16.5. The van der Waals surface area contributed by atoms with Crippen molar-refractivity contribution >= 4 is 5.91 Å². The summed E-state index contributed by atoms with van der Waals surface area (Å²) in [5.41, 5.74) is 0.743. The Balaban J connectivity index is 2.03. The molecule has 1 aromatic rings. The SMILES string of the molecule is COc1cccc(C(=O)NCC2(N(C)C)CCCCCC2)c1. The van der Waals surface area contributed by atoms with E-state index < -0.39 is 0 Å². The Morgan fingerprint density at radius 2 is 1.91 bits per heavy atom. The molecule has 1 N–H and O–H groups in total. The predicted octanol–water partition coefficient (Wildman–Crippen LogP) is 3.08. The van der Waals surface area contributed by atoms with Gasteiger partial charge in [-0.1, -0.05) is 31.7 Å². The summed E-state index contributed by atoms with van der Waals surface area (Å²) >= 11 is 0. The van der Waals surface area contributed by atoms with E-state index in [9.17, 15) is 4.79 Å². The molecule has 0 bridgehead atoms. The van der Waals surface area contributed by atoms with Gasteiger partial charge >= 0.3 is 0 Å². The maximum Gasteiger partial charge on any atom is 0.251 e. The van der Waals surface area contributed by atoms with E-state index >= 15 is 0 Å². The van der Waals surface area contributed by atoms with Crippen molar-refractivity contribution in [3.8, 4) is 5.75 Å². The number of likely N-dealkylation sites (N-methyl/N-ethyl adjacent to an activating group) is 1. The van der Waals surface area contributed by atoms with Gasteiger partial charge in [0.25, 0.3) is 5.91 Å². The number of carbonyl (C=O) groups excluding carboxylic acids is 1. The third kappa shape index (κ3) is 4.01. The Hall–Kier alpha value is -1.55. The lowest BCUT2D eigenvalue weighted by Gasteiger charge is -2.39. The lowest BCUT2D eigenvalue weighted by molar-refractivity contribution is 0.0869. The van der Waals surface area contributed by atoms with E-state index in [1.807, 2.05) is 18.2 Å². The van der Waals surface area contributed by atoms with Crippen molar-refractivity contribution in [3.05, 3.63) is 29.8 Å². The van der Waals surface area contributed by atoms with E-state index in [0.717, 1.165) is 12.8 Å². The number of methoxy groups -OCH3 is 1. The standard InChI is InChI=1S/C18H28N2O2/c1-20(2)18(11-6-4-5-7-12-18)14-19-17(21)15-9-8-10-16(13-15)22-3/h8-10,13H,4-7,11-12,14H2,1-3H3,(H,19,21). The molecule has 1 aliphatic carbocycles. The highest BCUT2D eigenvalue weighted by Crippen LogP contribution is 2.30.